The van der Waals surface area contributed by atoms with Crippen LogP contribution in [0.15, 0.2) is 48.6 Å². The minimum absolute atomic E-state index is 0.194. The second-order valence-corrected chi connectivity index (χ2v) is 8.61. The molecule has 152 valence electrons. The molecule has 1 aliphatic carbocycles. The Labute approximate surface area is 173 Å². The maximum atomic E-state index is 13.5. The van der Waals surface area contributed by atoms with Crippen LogP contribution in [0.25, 0.3) is 5.70 Å². The van der Waals surface area contributed by atoms with Crippen LogP contribution in [0, 0.1) is 19.7 Å². The van der Waals surface area contributed by atoms with Crippen molar-refractivity contribution in [3.05, 3.63) is 82.2 Å². The highest BCUT2D eigenvalue weighted by Gasteiger charge is 2.32. The number of nitrogens with one attached hydrogen (secondary N) is 2. The predicted octanol–water partition coefficient (Wildman–Crippen LogP) is 6.60. The van der Waals surface area contributed by atoms with E-state index in [1.54, 1.807) is 6.07 Å². The lowest BCUT2D eigenvalue weighted by Gasteiger charge is -2.38. The average molecular weight is 391 g/mol. The van der Waals surface area contributed by atoms with Gasteiger partial charge in [-0.05, 0) is 80.5 Å². The van der Waals surface area contributed by atoms with Gasteiger partial charge in [-0.1, -0.05) is 36.8 Å². The van der Waals surface area contributed by atoms with Crippen LogP contribution in [-0.2, 0) is 6.54 Å². The molecule has 1 aliphatic heterocycles. The van der Waals surface area contributed by atoms with Gasteiger partial charge in [0, 0.05) is 29.4 Å². The molecule has 0 spiro atoms. The van der Waals surface area contributed by atoms with Crippen LogP contribution in [0.3, 0.4) is 0 Å². The molecule has 2 aromatic rings. The van der Waals surface area contributed by atoms with Crippen molar-refractivity contribution >= 4 is 11.4 Å². The normalized spacial score (nSPS) is 21.2. The zero-order chi connectivity index (χ0) is 20.5. The summed E-state index contributed by atoms with van der Waals surface area (Å²) in [6, 6.07) is 9.77. The van der Waals surface area contributed by atoms with Crippen molar-refractivity contribution in [2.45, 2.75) is 65.0 Å². The van der Waals surface area contributed by atoms with Gasteiger partial charge < -0.3 is 10.6 Å². The van der Waals surface area contributed by atoms with E-state index in [2.05, 4.69) is 49.3 Å². The fraction of sp³-hybridized carbons (Fsp3) is 0.385. The summed E-state index contributed by atoms with van der Waals surface area (Å²) in [7, 11) is 0. The summed E-state index contributed by atoms with van der Waals surface area (Å²) in [6.45, 7) is 11.5. The van der Waals surface area contributed by atoms with E-state index in [-0.39, 0.29) is 5.82 Å². The van der Waals surface area contributed by atoms with Crippen LogP contribution < -0.4 is 10.6 Å². The number of anilines is 1. The van der Waals surface area contributed by atoms with Gasteiger partial charge in [0.25, 0.3) is 0 Å². The lowest BCUT2D eigenvalue weighted by Crippen LogP contribution is -2.39. The van der Waals surface area contributed by atoms with Gasteiger partial charge in [-0.15, -0.1) is 0 Å². The monoisotopic (exact) mass is 390 g/mol. The molecule has 3 heteroatoms. The summed E-state index contributed by atoms with van der Waals surface area (Å²) >= 11 is 0. The van der Waals surface area contributed by atoms with Crippen molar-refractivity contribution in [3.8, 4) is 0 Å². The molecule has 0 saturated carbocycles. The Morgan fingerprint density at radius 1 is 1.17 bits per heavy atom. The van der Waals surface area contributed by atoms with Gasteiger partial charge in [0.05, 0.1) is 6.04 Å². The zero-order valence-electron chi connectivity index (χ0n) is 17.7. The van der Waals surface area contributed by atoms with Crippen molar-refractivity contribution in [3.63, 3.8) is 0 Å². The maximum absolute atomic E-state index is 13.5. The first-order valence-corrected chi connectivity index (χ1v) is 10.7. The van der Waals surface area contributed by atoms with Gasteiger partial charge in [0.15, 0.2) is 0 Å². The van der Waals surface area contributed by atoms with Gasteiger partial charge in [-0.3, -0.25) is 0 Å². The number of fused-ring (bicyclic) bond motifs is 1. The molecule has 2 atom stereocenters. The first-order valence-electron chi connectivity index (χ1n) is 10.7. The first kappa shape index (κ1) is 19.8. The molecule has 4 rings (SSSR count). The van der Waals surface area contributed by atoms with E-state index >= 15 is 0 Å². The van der Waals surface area contributed by atoms with Gasteiger partial charge in [0.2, 0.25) is 0 Å². The topological polar surface area (TPSA) is 24.1 Å². The van der Waals surface area contributed by atoms with E-state index in [0.717, 1.165) is 23.5 Å². The third-order valence-electron chi connectivity index (χ3n) is 6.40. The van der Waals surface area contributed by atoms with Crippen molar-refractivity contribution in [2.24, 2.45) is 0 Å². The molecule has 0 saturated heterocycles. The molecule has 0 radical (unpaired) electrons. The molecule has 1 heterocycles. The van der Waals surface area contributed by atoms with Gasteiger partial charge in [-0.25, -0.2) is 4.39 Å². The fourth-order valence-electron chi connectivity index (χ4n) is 4.94. The molecule has 2 aliphatic rings. The second-order valence-electron chi connectivity index (χ2n) is 8.61. The summed E-state index contributed by atoms with van der Waals surface area (Å²) in [5, 5.41) is 7.24. The fourth-order valence-corrected chi connectivity index (χ4v) is 4.94. The Hall–Kier alpha value is -2.55. The van der Waals surface area contributed by atoms with Crippen LogP contribution in [0.4, 0.5) is 10.1 Å². The highest BCUT2D eigenvalue weighted by molar-refractivity contribution is 5.71. The molecule has 0 bridgehead atoms. The summed E-state index contributed by atoms with van der Waals surface area (Å²) in [6.07, 6.45) is 7.38. The first-order chi connectivity index (χ1) is 13.9. The third kappa shape index (κ3) is 3.96. The Bertz CT molecular complexity index is 973. The van der Waals surface area contributed by atoms with Crippen LogP contribution >= 0.6 is 0 Å². The van der Waals surface area contributed by atoms with Crippen LogP contribution in [0.1, 0.15) is 66.3 Å². The third-order valence-corrected chi connectivity index (χ3v) is 6.40. The molecule has 0 aromatic heterocycles. The highest BCUT2D eigenvalue weighted by Crippen LogP contribution is 2.40. The van der Waals surface area contributed by atoms with E-state index in [4.69, 9.17) is 0 Å². The Kier molecular flexibility index (Phi) is 5.49. The number of rotatable bonds is 4. The Balaban J connectivity index is 1.67. The minimum atomic E-state index is -0.194. The molecule has 2 unspecified atom stereocenters. The van der Waals surface area contributed by atoms with E-state index < -0.39 is 0 Å². The number of aryl methyl sites for hydroxylation is 2. The van der Waals surface area contributed by atoms with Crippen LogP contribution in [0.5, 0.6) is 0 Å². The van der Waals surface area contributed by atoms with Crippen LogP contribution in [0.2, 0.25) is 0 Å². The lowest BCUT2D eigenvalue weighted by molar-refractivity contribution is 0.515. The smallest absolute Gasteiger partial charge is 0.123 e. The molecular weight excluding hydrogens is 359 g/mol. The number of halogens is 1. The number of hydrogen-bond acceptors (Lipinski definition) is 2. The Morgan fingerprint density at radius 3 is 2.72 bits per heavy atom. The summed E-state index contributed by atoms with van der Waals surface area (Å²) in [5.74, 6) is 0.187. The Morgan fingerprint density at radius 2 is 2.00 bits per heavy atom. The van der Waals surface area contributed by atoms with Gasteiger partial charge >= 0.3 is 0 Å². The average Bonchev–Trinajstić information content (AvgIpc) is 2.70. The van der Waals surface area contributed by atoms with E-state index in [1.807, 2.05) is 13.0 Å². The molecule has 0 fully saturated rings. The molecular formula is C26H31FN2. The SMILES string of the molecule is C=C1NC(C2=CCCCC2)C(C)c2c(CNc3ccc(F)cc3C)cc(C)cc21. The second kappa shape index (κ2) is 8.06. The van der Waals surface area contributed by atoms with E-state index in [9.17, 15) is 4.39 Å². The van der Waals surface area contributed by atoms with Gasteiger partial charge in [-0.2, -0.15) is 0 Å². The van der Waals surface area contributed by atoms with Crippen LogP contribution in [-0.4, -0.2) is 6.04 Å². The standard InChI is InChI=1S/C26H31FN2/c1-16-12-21(15-28-24-11-10-22(27)14-17(24)2)25-18(3)26(20-8-6-5-7-9-20)29-19(4)23(25)13-16/h8,10-14,18,26,28-29H,4-7,9,15H2,1-3H3. The maximum Gasteiger partial charge on any atom is 0.123 e. The summed E-state index contributed by atoms with van der Waals surface area (Å²) < 4.78 is 13.5. The largest absolute Gasteiger partial charge is 0.381 e. The van der Waals surface area contributed by atoms with Crippen molar-refractivity contribution in [1.82, 2.24) is 5.32 Å². The molecule has 0 amide bonds. The van der Waals surface area contributed by atoms with E-state index in [0.29, 0.717) is 12.0 Å². The number of allylic oxidation sites excluding steroid dienone is 1. The van der Waals surface area contributed by atoms with Gasteiger partial charge in [0.1, 0.15) is 5.82 Å². The van der Waals surface area contributed by atoms with Crippen molar-refractivity contribution < 1.29 is 4.39 Å². The van der Waals surface area contributed by atoms with Crippen molar-refractivity contribution in [1.29, 1.82) is 0 Å². The van der Waals surface area contributed by atoms with E-state index in [1.165, 1.54) is 59.6 Å². The summed E-state index contributed by atoms with van der Waals surface area (Å²) in [4.78, 5) is 0. The number of benzene rings is 2. The summed E-state index contributed by atoms with van der Waals surface area (Å²) in [5.41, 5.74) is 9.63. The quantitative estimate of drug-likeness (QED) is 0.575. The molecule has 29 heavy (non-hydrogen) atoms. The zero-order valence-corrected chi connectivity index (χ0v) is 17.7. The molecule has 2 aromatic carbocycles. The minimum Gasteiger partial charge on any atom is -0.381 e. The molecule has 2 nitrogen and oxygen atoms in total. The van der Waals surface area contributed by atoms with Crippen molar-refractivity contribution in [2.75, 3.05) is 5.32 Å². The lowest BCUT2D eigenvalue weighted by atomic mass is 9.76. The highest BCUT2D eigenvalue weighted by atomic mass is 19.1. The molecule has 2 N–H and O–H groups in total. The predicted molar refractivity (Wildman–Crippen MR) is 121 cm³/mol. The number of hydrogen-bond donors (Lipinski definition) is 2.